The molecule has 0 aliphatic heterocycles. The molecule has 0 fully saturated rings. The van der Waals surface area contributed by atoms with Crippen molar-refractivity contribution in [3.63, 3.8) is 0 Å². The second kappa shape index (κ2) is 6.30. The smallest absolute Gasteiger partial charge is 0.175 e. The van der Waals surface area contributed by atoms with E-state index < -0.39 is 9.84 Å². The lowest BCUT2D eigenvalue weighted by molar-refractivity contribution is 0.0993. The first-order chi connectivity index (χ1) is 9.77. The predicted molar refractivity (Wildman–Crippen MR) is 86.7 cm³/mol. The number of Topliss-reactive ketones (excluding diaryl/α,β-unsaturated/α-hetero) is 1. The number of hydrogen-bond donors (Lipinski definition) is 0. The molecule has 6 heteroatoms. The van der Waals surface area contributed by atoms with Crippen LogP contribution in [0.4, 0.5) is 0 Å². The van der Waals surface area contributed by atoms with E-state index in [4.69, 9.17) is 11.6 Å². The van der Waals surface area contributed by atoms with Gasteiger partial charge in [-0.2, -0.15) is 0 Å². The van der Waals surface area contributed by atoms with Gasteiger partial charge in [0.15, 0.2) is 15.6 Å². The van der Waals surface area contributed by atoms with Gasteiger partial charge in [0.05, 0.1) is 4.90 Å². The van der Waals surface area contributed by atoms with E-state index in [9.17, 15) is 13.2 Å². The maximum atomic E-state index is 12.3. The molecule has 2 rings (SSSR count). The van der Waals surface area contributed by atoms with Crippen molar-refractivity contribution in [3.8, 4) is 0 Å². The second-order valence-electron chi connectivity index (χ2n) is 4.64. The monoisotopic (exact) mass is 386 g/mol. The van der Waals surface area contributed by atoms with Crippen LogP contribution < -0.4 is 0 Å². The minimum Gasteiger partial charge on any atom is -0.294 e. The van der Waals surface area contributed by atoms with E-state index in [-0.39, 0.29) is 17.1 Å². The van der Waals surface area contributed by atoms with Crippen molar-refractivity contribution in [1.29, 1.82) is 0 Å². The van der Waals surface area contributed by atoms with Crippen molar-refractivity contribution in [1.82, 2.24) is 0 Å². The van der Waals surface area contributed by atoms with Crippen molar-refractivity contribution in [2.24, 2.45) is 0 Å². The van der Waals surface area contributed by atoms with Gasteiger partial charge in [0.25, 0.3) is 0 Å². The fourth-order valence-electron chi connectivity index (χ4n) is 1.84. The summed E-state index contributed by atoms with van der Waals surface area (Å²) < 4.78 is 23.9. The third kappa shape index (κ3) is 4.15. The van der Waals surface area contributed by atoms with Gasteiger partial charge in [-0.15, -0.1) is 0 Å². The van der Waals surface area contributed by atoms with Gasteiger partial charge in [0.1, 0.15) is 0 Å². The van der Waals surface area contributed by atoms with Gasteiger partial charge in [-0.25, -0.2) is 8.42 Å². The van der Waals surface area contributed by atoms with Crippen LogP contribution in [0.3, 0.4) is 0 Å². The Balaban J connectivity index is 2.29. The number of benzene rings is 2. The highest BCUT2D eigenvalue weighted by atomic mass is 79.9. The molecular weight excluding hydrogens is 376 g/mol. The molecule has 0 saturated carbocycles. The van der Waals surface area contributed by atoms with Crippen molar-refractivity contribution in [2.75, 3.05) is 6.26 Å². The van der Waals surface area contributed by atoms with E-state index in [0.717, 1.165) is 10.7 Å². The van der Waals surface area contributed by atoms with Gasteiger partial charge in [-0.1, -0.05) is 45.7 Å². The zero-order chi connectivity index (χ0) is 15.6. The Labute approximate surface area is 137 Å². The van der Waals surface area contributed by atoms with Crippen molar-refractivity contribution < 1.29 is 13.2 Å². The molecule has 0 radical (unpaired) electrons. The van der Waals surface area contributed by atoms with Crippen LogP contribution >= 0.6 is 27.5 Å². The van der Waals surface area contributed by atoms with Gasteiger partial charge in [0.2, 0.25) is 0 Å². The summed E-state index contributed by atoms with van der Waals surface area (Å²) in [6.07, 6.45) is 1.24. The molecule has 2 aromatic rings. The molecular formula is C15H12BrClO3S. The minimum atomic E-state index is -3.33. The largest absolute Gasteiger partial charge is 0.294 e. The standard InChI is InChI=1S/C15H12BrClO3S/c1-21(19,20)13-4-2-3-11(7-13)15(18)8-10-5-6-12(16)9-14(10)17/h2-7,9H,8H2,1H3. The molecule has 0 unspecified atom stereocenters. The van der Waals surface area contributed by atoms with Crippen LogP contribution in [-0.2, 0) is 16.3 Å². The molecule has 0 bridgehead atoms. The summed E-state index contributed by atoms with van der Waals surface area (Å²) in [5.74, 6) is -0.176. The number of carbonyl (C=O) groups excluding carboxylic acids is 1. The Bertz CT molecular complexity index is 800. The second-order valence-corrected chi connectivity index (χ2v) is 7.97. The van der Waals surface area contributed by atoms with E-state index in [1.807, 2.05) is 0 Å². The third-order valence-electron chi connectivity index (χ3n) is 2.95. The first-order valence-corrected chi connectivity index (χ1v) is 9.11. The molecule has 21 heavy (non-hydrogen) atoms. The summed E-state index contributed by atoms with van der Waals surface area (Å²) in [4.78, 5) is 12.4. The number of ketones is 1. The molecule has 0 N–H and O–H groups in total. The van der Waals surface area contributed by atoms with Crippen molar-refractivity contribution in [2.45, 2.75) is 11.3 Å². The SMILES string of the molecule is CS(=O)(=O)c1cccc(C(=O)Cc2ccc(Br)cc2Cl)c1. The molecule has 0 aliphatic carbocycles. The summed E-state index contributed by atoms with van der Waals surface area (Å²) in [6.45, 7) is 0. The Kier molecular flexibility index (Phi) is 4.86. The molecule has 0 heterocycles. The van der Waals surface area contributed by atoms with E-state index in [2.05, 4.69) is 15.9 Å². The number of rotatable bonds is 4. The molecule has 110 valence electrons. The highest BCUT2D eigenvalue weighted by molar-refractivity contribution is 9.10. The highest BCUT2D eigenvalue weighted by Crippen LogP contribution is 2.23. The van der Waals surface area contributed by atoms with E-state index in [0.29, 0.717) is 16.1 Å². The van der Waals surface area contributed by atoms with Crippen LogP contribution in [-0.4, -0.2) is 20.5 Å². The van der Waals surface area contributed by atoms with Crippen LogP contribution in [0.15, 0.2) is 51.8 Å². The number of carbonyl (C=O) groups is 1. The van der Waals surface area contributed by atoms with Crippen molar-refractivity contribution >= 4 is 43.2 Å². The van der Waals surface area contributed by atoms with E-state index in [1.165, 1.54) is 12.1 Å². The van der Waals surface area contributed by atoms with E-state index in [1.54, 1.807) is 30.3 Å². The summed E-state index contributed by atoms with van der Waals surface area (Å²) in [6, 6.07) is 11.3. The van der Waals surface area contributed by atoms with Gasteiger partial charge in [-0.3, -0.25) is 4.79 Å². The minimum absolute atomic E-state index is 0.124. The third-order valence-corrected chi connectivity index (χ3v) is 4.91. The molecule has 3 nitrogen and oxygen atoms in total. The number of halogens is 2. The maximum Gasteiger partial charge on any atom is 0.175 e. The maximum absolute atomic E-state index is 12.3. The molecule has 0 aliphatic rings. The lowest BCUT2D eigenvalue weighted by atomic mass is 10.0. The first kappa shape index (κ1) is 16.2. The summed E-state index contributed by atoms with van der Waals surface area (Å²) >= 11 is 9.39. The first-order valence-electron chi connectivity index (χ1n) is 6.04. The fourth-order valence-corrected chi connectivity index (χ4v) is 3.25. The topological polar surface area (TPSA) is 51.2 Å². The fraction of sp³-hybridized carbons (Fsp3) is 0.133. The Hall–Kier alpha value is -1.17. The lowest BCUT2D eigenvalue weighted by Crippen LogP contribution is -2.06. The molecule has 0 spiro atoms. The summed E-state index contributed by atoms with van der Waals surface area (Å²) in [5, 5.41) is 0.497. The van der Waals surface area contributed by atoms with Gasteiger partial charge >= 0.3 is 0 Å². The molecule has 0 aromatic heterocycles. The highest BCUT2D eigenvalue weighted by Gasteiger charge is 2.13. The van der Waals surface area contributed by atoms with E-state index >= 15 is 0 Å². The quantitative estimate of drug-likeness (QED) is 0.747. The van der Waals surface area contributed by atoms with Crippen molar-refractivity contribution in [3.05, 3.63) is 63.1 Å². The van der Waals surface area contributed by atoms with Gasteiger partial charge in [0, 0.05) is 27.7 Å². The number of hydrogen-bond acceptors (Lipinski definition) is 3. The van der Waals surface area contributed by atoms with Crippen LogP contribution in [0, 0.1) is 0 Å². The average Bonchev–Trinajstić information content (AvgIpc) is 2.41. The lowest BCUT2D eigenvalue weighted by Gasteiger charge is -2.06. The molecule has 0 saturated heterocycles. The number of sulfone groups is 1. The zero-order valence-corrected chi connectivity index (χ0v) is 14.3. The predicted octanol–water partition coefficient (Wildman–Crippen LogP) is 3.93. The Morgan fingerprint density at radius 2 is 1.90 bits per heavy atom. The summed E-state index contributed by atoms with van der Waals surface area (Å²) in [7, 11) is -3.33. The average molecular weight is 388 g/mol. The zero-order valence-electron chi connectivity index (χ0n) is 11.1. The Morgan fingerprint density at radius 3 is 2.52 bits per heavy atom. The van der Waals surface area contributed by atoms with Crippen LogP contribution in [0.1, 0.15) is 15.9 Å². The normalized spacial score (nSPS) is 11.4. The van der Waals surface area contributed by atoms with Crippen LogP contribution in [0.2, 0.25) is 5.02 Å². The molecule has 2 aromatic carbocycles. The summed E-state index contributed by atoms with van der Waals surface area (Å²) in [5.41, 5.74) is 1.06. The Morgan fingerprint density at radius 1 is 1.19 bits per heavy atom. The van der Waals surface area contributed by atoms with Crippen LogP contribution in [0.25, 0.3) is 0 Å². The molecule has 0 atom stereocenters. The van der Waals surface area contributed by atoms with Gasteiger partial charge in [-0.05, 0) is 29.8 Å². The van der Waals surface area contributed by atoms with Gasteiger partial charge < -0.3 is 0 Å². The molecule has 0 amide bonds. The van der Waals surface area contributed by atoms with Crippen LogP contribution in [0.5, 0.6) is 0 Å².